The molecule has 4 N–H and O–H groups in total. The highest BCUT2D eigenvalue weighted by Crippen LogP contribution is 2.31. The molecule has 3 amide bonds. The average Bonchev–Trinajstić information content (AvgIpc) is 3.53. The van der Waals surface area contributed by atoms with E-state index < -0.39 is 12.0 Å². The van der Waals surface area contributed by atoms with Gasteiger partial charge in [-0.1, -0.05) is 25.7 Å². The first-order valence-corrected chi connectivity index (χ1v) is 12.4. The van der Waals surface area contributed by atoms with Crippen molar-refractivity contribution in [2.24, 2.45) is 11.8 Å². The first kappa shape index (κ1) is 26.8. The van der Waals surface area contributed by atoms with E-state index in [1.165, 1.54) is 5.01 Å². The van der Waals surface area contributed by atoms with E-state index >= 15 is 0 Å². The number of carbonyl (C=O) groups is 3. The lowest BCUT2D eigenvalue weighted by Gasteiger charge is -2.29. The molecule has 35 heavy (non-hydrogen) atoms. The molecule has 2 atom stereocenters. The van der Waals surface area contributed by atoms with Crippen LogP contribution in [0.4, 0.5) is 11.8 Å². The van der Waals surface area contributed by atoms with Crippen molar-refractivity contribution in [2.75, 3.05) is 50.9 Å². The first-order valence-electron chi connectivity index (χ1n) is 12.4. The third-order valence-corrected chi connectivity index (χ3v) is 6.49. The second-order valence-corrected chi connectivity index (χ2v) is 9.57. The van der Waals surface area contributed by atoms with Crippen LogP contribution in [0.25, 0.3) is 0 Å². The molecule has 1 aromatic rings. The average molecular weight is 491 g/mol. The van der Waals surface area contributed by atoms with Gasteiger partial charge >= 0.3 is 0 Å². The van der Waals surface area contributed by atoms with Crippen LogP contribution in [0.3, 0.4) is 0 Å². The van der Waals surface area contributed by atoms with E-state index in [2.05, 4.69) is 30.9 Å². The number of rotatable bonds is 13. The normalized spacial score (nSPS) is 19.1. The number of hydrogen-bond acceptors (Lipinski definition) is 9. The quantitative estimate of drug-likeness (QED) is 0.137. The largest absolute Gasteiger partial charge is 0.354 e. The van der Waals surface area contributed by atoms with Crippen molar-refractivity contribution in [1.29, 1.82) is 0 Å². The van der Waals surface area contributed by atoms with Gasteiger partial charge < -0.3 is 15.5 Å². The molecule has 1 saturated heterocycles. The fourth-order valence-electron chi connectivity index (χ4n) is 4.73. The maximum atomic E-state index is 13.4. The number of carbonyl (C=O) groups excluding carboxylic acids is 3. The first-order chi connectivity index (χ1) is 16.9. The van der Waals surface area contributed by atoms with Crippen molar-refractivity contribution in [1.82, 2.24) is 30.4 Å². The zero-order valence-electron chi connectivity index (χ0n) is 20.7. The van der Waals surface area contributed by atoms with E-state index in [-0.39, 0.29) is 18.4 Å². The Labute approximate surface area is 206 Å². The molecule has 1 aliphatic heterocycles. The van der Waals surface area contributed by atoms with Crippen molar-refractivity contribution >= 4 is 30.0 Å². The number of hydrazine groups is 1. The number of hydrogen-bond donors (Lipinski definition) is 4. The lowest BCUT2D eigenvalue weighted by atomic mass is 9.92. The van der Waals surface area contributed by atoms with Gasteiger partial charge in [0.15, 0.2) is 0 Å². The van der Waals surface area contributed by atoms with E-state index in [0.29, 0.717) is 55.1 Å². The smallest absolute Gasteiger partial charge is 0.250 e. The standard InChI is InChI=1S/C23H38N8O4/c1-29(2)13-5-10-24-23-25-11-9-20(28-23)27-21(33)19-8-12-26-31(19)22(34)18(15-30(35)16-32)14-17-6-3-4-7-17/h9,11,16-19,26,35H,3-8,10,12-15H2,1-2H3,(H2,24,25,27,28,33). The van der Waals surface area contributed by atoms with Crippen LogP contribution >= 0.6 is 0 Å². The fourth-order valence-corrected chi connectivity index (χ4v) is 4.73. The van der Waals surface area contributed by atoms with Gasteiger partial charge in [0.25, 0.3) is 0 Å². The van der Waals surface area contributed by atoms with Crippen LogP contribution in [0.1, 0.15) is 44.9 Å². The molecule has 0 bridgehead atoms. The maximum Gasteiger partial charge on any atom is 0.250 e. The Morgan fingerprint density at radius 1 is 1.31 bits per heavy atom. The molecule has 1 aliphatic carbocycles. The van der Waals surface area contributed by atoms with Crippen LogP contribution in [0, 0.1) is 11.8 Å². The molecular formula is C23H38N8O4. The van der Waals surface area contributed by atoms with Gasteiger partial charge in [-0.3, -0.25) is 24.6 Å². The number of hydroxylamine groups is 2. The minimum Gasteiger partial charge on any atom is -0.354 e. The highest BCUT2D eigenvalue weighted by atomic mass is 16.5. The molecule has 0 aromatic carbocycles. The second kappa shape index (κ2) is 13.3. The lowest BCUT2D eigenvalue weighted by Crippen LogP contribution is -2.51. The van der Waals surface area contributed by atoms with Gasteiger partial charge in [0.05, 0.1) is 12.5 Å². The predicted molar refractivity (Wildman–Crippen MR) is 130 cm³/mol. The molecule has 194 valence electrons. The maximum absolute atomic E-state index is 13.4. The van der Waals surface area contributed by atoms with Crippen molar-refractivity contribution in [3.05, 3.63) is 12.3 Å². The molecule has 2 heterocycles. The van der Waals surface area contributed by atoms with E-state index in [1.807, 2.05) is 14.1 Å². The van der Waals surface area contributed by atoms with Gasteiger partial charge in [-0.05, 0) is 51.9 Å². The molecule has 0 spiro atoms. The Morgan fingerprint density at radius 2 is 2.09 bits per heavy atom. The van der Waals surface area contributed by atoms with Crippen LogP contribution in [0.15, 0.2) is 12.3 Å². The van der Waals surface area contributed by atoms with E-state index in [9.17, 15) is 19.6 Å². The van der Waals surface area contributed by atoms with Gasteiger partial charge in [-0.25, -0.2) is 15.5 Å². The summed E-state index contributed by atoms with van der Waals surface area (Å²) in [5.41, 5.74) is 3.01. The number of nitrogens with one attached hydrogen (secondary N) is 3. The molecule has 3 rings (SSSR count). The summed E-state index contributed by atoms with van der Waals surface area (Å²) in [7, 11) is 4.02. The second-order valence-electron chi connectivity index (χ2n) is 9.57. The highest BCUT2D eigenvalue weighted by Gasteiger charge is 2.39. The van der Waals surface area contributed by atoms with Crippen LogP contribution in [0.5, 0.6) is 0 Å². The summed E-state index contributed by atoms with van der Waals surface area (Å²) in [6, 6.07) is 0.886. The Kier molecular flexibility index (Phi) is 10.2. The SMILES string of the molecule is CN(C)CCCNc1nccc(NC(=O)C2CCNN2C(=O)C(CC2CCCC2)CN(O)C=O)n1. The predicted octanol–water partition coefficient (Wildman–Crippen LogP) is 0.928. The highest BCUT2D eigenvalue weighted by molar-refractivity contribution is 5.97. The topological polar surface area (TPSA) is 143 Å². The van der Waals surface area contributed by atoms with E-state index in [0.717, 1.165) is 38.6 Å². The minimum absolute atomic E-state index is 0.0971. The van der Waals surface area contributed by atoms with Gasteiger partial charge in [0, 0.05) is 19.3 Å². The molecule has 12 nitrogen and oxygen atoms in total. The monoisotopic (exact) mass is 490 g/mol. The molecular weight excluding hydrogens is 452 g/mol. The Hall–Kier alpha value is -2.83. The fraction of sp³-hybridized carbons (Fsp3) is 0.696. The summed E-state index contributed by atoms with van der Waals surface area (Å²) in [4.78, 5) is 48.1. The van der Waals surface area contributed by atoms with Crippen LogP contribution in [-0.4, -0.2) is 94.7 Å². The van der Waals surface area contributed by atoms with Crippen molar-refractivity contribution in [3.63, 3.8) is 0 Å². The lowest BCUT2D eigenvalue weighted by molar-refractivity contribution is -0.159. The van der Waals surface area contributed by atoms with E-state index in [4.69, 9.17) is 0 Å². The Bertz CT molecular complexity index is 849. The van der Waals surface area contributed by atoms with E-state index in [1.54, 1.807) is 12.3 Å². The molecule has 2 unspecified atom stereocenters. The zero-order valence-corrected chi connectivity index (χ0v) is 20.7. The number of anilines is 2. The summed E-state index contributed by atoms with van der Waals surface area (Å²) in [5, 5.41) is 17.6. The van der Waals surface area contributed by atoms with Crippen LogP contribution in [0.2, 0.25) is 0 Å². The molecule has 12 heteroatoms. The summed E-state index contributed by atoms with van der Waals surface area (Å²) in [6.45, 7) is 2.01. The van der Waals surface area contributed by atoms with Crippen molar-refractivity contribution in [2.45, 2.75) is 51.0 Å². The van der Waals surface area contributed by atoms with Gasteiger partial charge in [-0.15, -0.1) is 0 Å². The Morgan fingerprint density at radius 3 is 2.80 bits per heavy atom. The summed E-state index contributed by atoms with van der Waals surface area (Å²) in [6.07, 6.45) is 8.14. The zero-order chi connectivity index (χ0) is 25.2. The third kappa shape index (κ3) is 8.11. The van der Waals surface area contributed by atoms with Crippen molar-refractivity contribution < 1.29 is 19.6 Å². The summed E-state index contributed by atoms with van der Waals surface area (Å²) in [5.74, 6) is -0.0791. The number of nitrogens with zero attached hydrogens (tertiary/aromatic N) is 5. The molecule has 2 aliphatic rings. The molecule has 1 aromatic heterocycles. The van der Waals surface area contributed by atoms with Gasteiger partial charge in [-0.2, -0.15) is 4.98 Å². The van der Waals surface area contributed by atoms with Gasteiger partial charge in [0.2, 0.25) is 24.2 Å². The summed E-state index contributed by atoms with van der Waals surface area (Å²) < 4.78 is 0. The van der Waals surface area contributed by atoms with Crippen LogP contribution < -0.4 is 16.1 Å². The Balaban J connectivity index is 1.61. The molecule has 0 radical (unpaired) electrons. The molecule has 1 saturated carbocycles. The molecule has 2 fully saturated rings. The van der Waals surface area contributed by atoms with Crippen molar-refractivity contribution in [3.8, 4) is 0 Å². The minimum atomic E-state index is -0.719. The number of aromatic nitrogens is 2. The number of amides is 3. The summed E-state index contributed by atoms with van der Waals surface area (Å²) >= 11 is 0. The van der Waals surface area contributed by atoms with Gasteiger partial charge in [0.1, 0.15) is 11.9 Å². The van der Waals surface area contributed by atoms with Crippen LogP contribution in [-0.2, 0) is 14.4 Å². The third-order valence-electron chi connectivity index (χ3n) is 6.49.